The molecule has 102 valence electrons. The first-order valence-electron chi connectivity index (χ1n) is 6.82. The van der Waals surface area contributed by atoms with Gasteiger partial charge >= 0.3 is 0 Å². The van der Waals surface area contributed by atoms with Crippen LogP contribution in [0.25, 0.3) is 0 Å². The highest BCUT2D eigenvalue weighted by molar-refractivity contribution is 5.20. The van der Waals surface area contributed by atoms with E-state index in [1.165, 1.54) is 25.1 Å². The zero-order valence-electron chi connectivity index (χ0n) is 11.8. The third kappa shape index (κ3) is 3.57. The molecule has 0 aliphatic carbocycles. The molecule has 0 aromatic carbocycles. The molecule has 0 bridgehead atoms. The van der Waals surface area contributed by atoms with Crippen LogP contribution in [0.15, 0.2) is 10.5 Å². The predicted molar refractivity (Wildman–Crippen MR) is 73.6 cm³/mol. The second kappa shape index (κ2) is 6.36. The van der Waals surface area contributed by atoms with Crippen LogP contribution in [-0.2, 0) is 13.1 Å². The smallest absolute Gasteiger partial charge is 0.120 e. The fourth-order valence-electron chi connectivity index (χ4n) is 2.48. The topological polar surface area (TPSA) is 31.7 Å². The van der Waals surface area contributed by atoms with Gasteiger partial charge < -0.3 is 14.6 Å². The van der Waals surface area contributed by atoms with Crippen molar-refractivity contribution >= 4 is 0 Å². The van der Waals surface area contributed by atoms with Crippen LogP contribution in [0, 0.1) is 6.92 Å². The van der Waals surface area contributed by atoms with Crippen molar-refractivity contribution in [3.05, 3.63) is 23.2 Å². The second-order valence-electron chi connectivity index (χ2n) is 5.28. The molecular formula is C14H25N3O. The monoisotopic (exact) mass is 251 g/mol. The molecule has 18 heavy (non-hydrogen) atoms. The van der Waals surface area contributed by atoms with E-state index in [2.05, 4.69) is 35.2 Å². The van der Waals surface area contributed by atoms with Crippen LogP contribution < -0.4 is 5.32 Å². The van der Waals surface area contributed by atoms with Crippen molar-refractivity contribution in [3.8, 4) is 0 Å². The van der Waals surface area contributed by atoms with Gasteiger partial charge in [0.05, 0.1) is 13.1 Å². The van der Waals surface area contributed by atoms with Gasteiger partial charge in [0.1, 0.15) is 11.5 Å². The molecule has 0 amide bonds. The quantitative estimate of drug-likeness (QED) is 0.877. The lowest BCUT2D eigenvalue weighted by atomic mass is 10.2. The van der Waals surface area contributed by atoms with Crippen LogP contribution in [0.4, 0.5) is 0 Å². The number of hydrogen-bond donors (Lipinski definition) is 1. The summed E-state index contributed by atoms with van der Waals surface area (Å²) in [6.45, 7) is 8.55. The lowest BCUT2D eigenvalue weighted by molar-refractivity contribution is 0.246. The standard InChI is InChI=1S/C14H25N3O/c1-12-9-13(18-14(12)10-15-2)11-17-6-4-5-16(3)7-8-17/h9,15H,4-8,10-11H2,1-3H3. The summed E-state index contributed by atoms with van der Waals surface area (Å²) in [6.07, 6.45) is 1.25. The highest BCUT2D eigenvalue weighted by atomic mass is 16.3. The first-order valence-corrected chi connectivity index (χ1v) is 6.82. The van der Waals surface area contributed by atoms with Crippen molar-refractivity contribution in [3.63, 3.8) is 0 Å². The van der Waals surface area contributed by atoms with Gasteiger partial charge in [-0.25, -0.2) is 0 Å². The Kier molecular flexibility index (Phi) is 4.80. The van der Waals surface area contributed by atoms with Crippen molar-refractivity contribution in [1.29, 1.82) is 0 Å². The molecule has 0 spiro atoms. The molecule has 2 heterocycles. The summed E-state index contributed by atoms with van der Waals surface area (Å²) in [6, 6.07) is 2.18. The Bertz CT molecular complexity index is 375. The lowest BCUT2D eigenvalue weighted by Gasteiger charge is -2.18. The van der Waals surface area contributed by atoms with E-state index in [9.17, 15) is 0 Å². The Balaban J connectivity index is 1.94. The molecule has 0 radical (unpaired) electrons. The summed E-state index contributed by atoms with van der Waals surface area (Å²) < 4.78 is 5.91. The summed E-state index contributed by atoms with van der Waals surface area (Å²) in [7, 11) is 4.15. The fourth-order valence-corrected chi connectivity index (χ4v) is 2.48. The van der Waals surface area contributed by atoms with Crippen LogP contribution in [0.5, 0.6) is 0 Å². The van der Waals surface area contributed by atoms with Crippen LogP contribution >= 0.6 is 0 Å². The van der Waals surface area contributed by atoms with E-state index in [1.807, 2.05) is 7.05 Å². The van der Waals surface area contributed by atoms with Crippen molar-refractivity contribution in [2.24, 2.45) is 0 Å². The minimum Gasteiger partial charge on any atom is -0.463 e. The molecule has 1 aliphatic rings. The summed E-state index contributed by atoms with van der Waals surface area (Å²) in [5.41, 5.74) is 1.26. The molecule has 0 saturated carbocycles. The first-order chi connectivity index (χ1) is 8.69. The number of hydrogen-bond acceptors (Lipinski definition) is 4. The van der Waals surface area contributed by atoms with Crippen LogP contribution in [-0.4, -0.2) is 50.1 Å². The van der Waals surface area contributed by atoms with Gasteiger partial charge in [-0.2, -0.15) is 0 Å². The molecule has 1 aromatic rings. The van der Waals surface area contributed by atoms with Gasteiger partial charge in [-0.15, -0.1) is 0 Å². The summed E-state index contributed by atoms with van der Waals surface area (Å²) in [5, 5.41) is 3.14. The van der Waals surface area contributed by atoms with Crippen molar-refractivity contribution in [2.75, 3.05) is 40.3 Å². The minimum atomic E-state index is 0.814. The van der Waals surface area contributed by atoms with Gasteiger partial charge in [-0.3, -0.25) is 4.90 Å². The lowest BCUT2D eigenvalue weighted by Crippen LogP contribution is -2.28. The van der Waals surface area contributed by atoms with Gasteiger partial charge in [0.25, 0.3) is 0 Å². The second-order valence-corrected chi connectivity index (χ2v) is 5.28. The Labute approximate surface area is 110 Å². The van der Waals surface area contributed by atoms with Crippen molar-refractivity contribution in [2.45, 2.75) is 26.4 Å². The first kappa shape index (κ1) is 13.6. The molecular weight excluding hydrogens is 226 g/mol. The van der Waals surface area contributed by atoms with Gasteiger partial charge in [0.15, 0.2) is 0 Å². The van der Waals surface area contributed by atoms with E-state index in [0.717, 1.165) is 37.7 Å². The Morgan fingerprint density at radius 1 is 1.28 bits per heavy atom. The third-order valence-corrected chi connectivity index (χ3v) is 3.60. The van der Waals surface area contributed by atoms with Crippen LogP contribution in [0.1, 0.15) is 23.5 Å². The van der Waals surface area contributed by atoms with E-state index in [1.54, 1.807) is 0 Å². The number of likely N-dealkylation sites (N-methyl/N-ethyl adjacent to an activating group) is 1. The van der Waals surface area contributed by atoms with Crippen molar-refractivity contribution < 1.29 is 4.42 Å². The molecule has 4 heteroatoms. The average Bonchev–Trinajstić information content (AvgIpc) is 2.54. The number of furan rings is 1. The Morgan fingerprint density at radius 2 is 2.11 bits per heavy atom. The third-order valence-electron chi connectivity index (χ3n) is 3.60. The normalized spacial score (nSPS) is 19.1. The maximum atomic E-state index is 5.91. The van der Waals surface area contributed by atoms with E-state index < -0.39 is 0 Å². The van der Waals surface area contributed by atoms with E-state index in [4.69, 9.17) is 4.42 Å². The van der Waals surface area contributed by atoms with E-state index in [0.29, 0.717) is 0 Å². The largest absolute Gasteiger partial charge is 0.463 e. The number of aryl methyl sites for hydroxylation is 1. The van der Waals surface area contributed by atoms with Gasteiger partial charge in [0, 0.05) is 13.1 Å². The Morgan fingerprint density at radius 3 is 2.89 bits per heavy atom. The number of rotatable bonds is 4. The summed E-state index contributed by atoms with van der Waals surface area (Å²) >= 11 is 0. The molecule has 2 rings (SSSR count). The zero-order valence-corrected chi connectivity index (χ0v) is 11.8. The summed E-state index contributed by atoms with van der Waals surface area (Å²) in [5.74, 6) is 2.17. The molecule has 1 aliphatic heterocycles. The maximum absolute atomic E-state index is 5.91. The number of nitrogens with zero attached hydrogens (tertiary/aromatic N) is 2. The van der Waals surface area contributed by atoms with Crippen LogP contribution in [0.2, 0.25) is 0 Å². The summed E-state index contributed by atoms with van der Waals surface area (Å²) in [4.78, 5) is 4.89. The van der Waals surface area contributed by atoms with Gasteiger partial charge in [0.2, 0.25) is 0 Å². The average molecular weight is 251 g/mol. The highest BCUT2D eigenvalue weighted by Gasteiger charge is 2.15. The predicted octanol–water partition coefficient (Wildman–Crippen LogP) is 1.44. The van der Waals surface area contributed by atoms with E-state index >= 15 is 0 Å². The molecule has 1 fully saturated rings. The van der Waals surface area contributed by atoms with E-state index in [-0.39, 0.29) is 0 Å². The van der Waals surface area contributed by atoms with Gasteiger partial charge in [-0.05, 0) is 52.2 Å². The SMILES string of the molecule is CNCc1oc(CN2CCCN(C)CC2)cc1C. The molecule has 0 unspecified atom stereocenters. The zero-order chi connectivity index (χ0) is 13.0. The molecule has 0 atom stereocenters. The number of nitrogens with one attached hydrogen (secondary N) is 1. The maximum Gasteiger partial charge on any atom is 0.120 e. The molecule has 4 nitrogen and oxygen atoms in total. The van der Waals surface area contributed by atoms with Gasteiger partial charge in [-0.1, -0.05) is 0 Å². The minimum absolute atomic E-state index is 0.814. The molecule has 1 N–H and O–H groups in total. The highest BCUT2D eigenvalue weighted by Crippen LogP contribution is 2.17. The van der Waals surface area contributed by atoms with Crippen LogP contribution in [0.3, 0.4) is 0 Å². The fraction of sp³-hybridized carbons (Fsp3) is 0.714. The molecule has 1 aromatic heterocycles. The molecule has 1 saturated heterocycles. The Hall–Kier alpha value is -0.840. The van der Waals surface area contributed by atoms with Crippen molar-refractivity contribution in [1.82, 2.24) is 15.1 Å².